The maximum Gasteiger partial charge on any atom is 0.160 e. The Kier molecular flexibility index (Phi) is 4.93. The van der Waals surface area contributed by atoms with E-state index in [0.29, 0.717) is 0 Å². The first-order valence-corrected chi connectivity index (χ1v) is 14.4. The molecule has 0 saturated carbocycles. The normalized spacial score (nSPS) is 11.8. The van der Waals surface area contributed by atoms with Gasteiger partial charge in [0.25, 0.3) is 0 Å². The van der Waals surface area contributed by atoms with E-state index in [4.69, 9.17) is 4.42 Å². The summed E-state index contributed by atoms with van der Waals surface area (Å²) in [5, 5.41) is 12.1. The van der Waals surface area contributed by atoms with Crippen LogP contribution in [0.15, 0.2) is 156 Å². The van der Waals surface area contributed by atoms with Crippen molar-refractivity contribution < 1.29 is 4.42 Å². The van der Waals surface area contributed by atoms with Crippen LogP contribution in [0.25, 0.3) is 65.0 Å². The molecule has 0 unspecified atom stereocenters. The molecule has 196 valence electrons. The van der Waals surface area contributed by atoms with Gasteiger partial charge >= 0.3 is 0 Å². The standard InChI is InChI=1S/C40H25NO/c1-2-14-30(15-3-1)41(35-25-29-12-5-7-17-32(29)39-33-18-8-9-20-36(33)42-40(35)39)34-19-10-13-27-23-24-28-22-21-26-11-4-6-16-31(26)37(28)38(27)34/h1-25H. The summed E-state index contributed by atoms with van der Waals surface area (Å²) in [5.41, 5.74) is 5.01. The first kappa shape index (κ1) is 23.1. The number of hydrogen-bond acceptors (Lipinski definition) is 2. The number of nitrogens with zero attached hydrogens (tertiary/aromatic N) is 1. The highest BCUT2D eigenvalue weighted by Gasteiger charge is 2.23. The molecule has 0 aliphatic heterocycles. The lowest BCUT2D eigenvalue weighted by Gasteiger charge is -2.28. The molecule has 0 fully saturated rings. The molecule has 0 amide bonds. The van der Waals surface area contributed by atoms with Crippen molar-refractivity contribution in [3.8, 4) is 0 Å². The van der Waals surface area contributed by atoms with Crippen molar-refractivity contribution in [1.29, 1.82) is 0 Å². The van der Waals surface area contributed by atoms with Crippen LogP contribution in [0.5, 0.6) is 0 Å². The van der Waals surface area contributed by atoms with Gasteiger partial charge in [0.1, 0.15) is 5.58 Å². The van der Waals surface area contributed by atoms with Crippen LogP contribution in [-0.4, -0.2) is 0 Å². The van der Waals surface area contributed by atoms with Crippen molar-refractivity contribution in [3.05, 3.63) is 152 Å². The number of rotatable bonds is 3. The Morgan fingerprint density at radius 1 is 0.381 bits per heavy atom. The van der Waals surface area contributed by atoms with E-state index >= 15 is 0 Å². The summed E-state index contributed by atoms with van der Waals surface area (Å²) in [6.45, 7) is 0. The van der Waals surface area contributed by atoms with Crippen LogP contribution < -0.4 is 4.90 Å². The fourth-order valence-electron chi connectivity index (χ4n) is 6.75. The van der Waals surface area contributed by atoms with Crippen LogP contribution in [0, 0.1) is 0 Å². The lowest BCUT2D eigenvalue weighted by Crippen LogP contribution is -2.11. The van der Waals surface area contributed by atoms with Gasteiger partial charge in [-0.15, -0.1) is 0 Å². The van der Waals surface area contributed by atoms with Gasteiger partial charge < -0.3 is 9.32 Å². The van der Waals surface area contributed by atoms with E-state index in [1.165, 1.54) is 43.1 Å². The molecule has 42 heavy (non-hydrogen) atoms. The van der Waals surface area contributed by atoms with E-state index in [1.54, 1.807) is 0 Å². The Bertz CT molecular complexity index is 2470. The highest BCUT2D eigenvalue weighted by atomic mass is 16.3. The zero-order valence-corrected chi connectivity index (χ0v) is 22.8. The second-order valence-corrected chi connectivity index (χ2v) is 10.9. The summed E-state index contributed by atoms with van der Waals surface area (Å²) in [6, 6.07) is 54.3. The molecule has 1 aromatic heterocycles. The van der Waals surface area contributed by atoms with Crippen molar-refractivity contribution in [2.24, 2.45) is 0 Å². The molecule has 0 radical (unpaired) electrons. The molecule has 0 aliphatic carbocycles. The Morgan fingerprint density at radius 2 is 0.976 bits per heavy atom. The van der Waals surface area contributed by atoms with E-state index < -0.39 is 0 Å². The lowest BCUT2D eigenvalue weighted by molar-refractivity contribution is 0.669. The van der Waals surface area contributed by atoms with Gasteiger partial charge in [0, 0.05) is 21.8 Å². The molecule has 8 aromatic carbocycles. The van der Waals surface area contributed by atoms with E-state index in [9.17, 15) is 0 Å². The monoisotopic (exact) mass is 535 g/mol. The minimum absolute atomic E-state index is 0.890. The van der Waals surface area contributed by atoms with Gasteiger partial charge in [0.2, 0.25) is 0 Å². The molecule has 0 spiro atoms. The Hall–Kier alpha value is -5.60. The minimum atomic E-state index is 0.890. The summed E-state index contributed by atoms with van der Waals surface area (Å²) in [5.74, 6) is 0. The van der Waals surface area contributed by atoms with Gasteiger partial charge in [-0.1, -0.05) is 121 Å². The number of furan rings is 1. The highest BCUT2D eigenvalue weighted by molar-refractivity contribution is 6.26. The third kappa shape index (κ3) is 3.33. The molecule has 2 nitrogen and oxygen atoms in total. The predicted molar refractivity (Wildman–Crippen MR) is 178 cm³/mol. The molecular weight excluding hydrogens is 510 g/mol. The topological polar surface area (TPSA) is 16.4 Å². The lowest BCUT2D eigenvalue weighted by atomic mass is 9.94. The van der Waals surface area contributed by atoms with Gasteiger partial charge in [0.05, 0.1) is 11.4 Å². The van der Waals surface area contributed by atoms with E-state index in [-0.39, 0.29) is 0 Å². The number of anilines is 3. The zero-order chi connectivity index (χ0) is 27.6. The molecule has 0 N–H and O–H groups in total. The van der Waals surface area contributed by atoms with Crippen LogP contribution in [0.4, 0.5) is 17.1 Å². The molecular formula is C40H25NO. The summed E-state index contributed by atoms with van der Waals surface area (Å²) in [4.78, 5) is 2.39. The van der Waals surface area contributed by atoms with Crippen molar-refractivity contribution in [2.75, 3.05) is 4.90 Å². The number of fused-ring (bicyclic) bond motifs is 10. The van der Waals surface area contributed by atoms with Crippen molar-refractivity contribution in [1.82, 2.24) is 0 Å². The first-order valence-electron chi connectivity index (χ1n) is 14.4. The Balaban J connectivity index is 1.48. The third-order valence-electron chi connectivity index (χ3n) is 8.58. The summed E-state index contributed by atoms with van der Waals surface area (Å²) in [6.07, 6.45) is 0. The molecule has 1 heterocycles. The van der Waals surface area contributed by atoms with Gasteiger partial charge in [-0.05, 0) is 68.0 Å². The Labute approximate surface area is 242 Å². The highest BCUT2D eigenvalue weighted by Crippen LogP contribution is 2.48. The summed E-state index contributed by atoms with van der Waals surface area (Å²) < 4.78 is 6.74. The molecule has 0 aliphatic rings. The van der Waals surface area contributed by atoms with Crippen LogP contribution in [-0.2, 0) is 0 Å². The van der Waals surface area contributed by atoms with Crippen molar-refractivity contribution >= 4 is 82.1 Å². The van der Waals surface area contributed by atoms with Crippen LogP contribution >= 0.6 is 0 Å². The third-order valence-corrected chi connectivity index (χ3v) is 8.58. The second-order valence-electron chi connectivity index (χ2n) is 10.9. The second kappa shape index (κ2) is 8.95. The molecule has 0 saturated heterocycles. The molecule has 2 heteroatoms. The maximum absolute atomic E-state index is 6.74. The van der Waals surface area contributed by atoms with Gasteiger partial charge in [-0.3, -0.25) is 0 Å². The van der Waals surface area contributed by atoms with E-state index in [2.05, 4.69) is 150 Å². The SMILES string of the molecule is c1ccc(N(c2cc3ccccc3c3c2oc2ccccc23)c2cccc3ccc4ccc5ccccc5c4c23)cc1. The zero-order valence-electron chi connectivity index (χ0n) is 22.8. The van der Waals surface area contributed by atoms with Gasteiger partial charge in [-0.25, -0.2) is 0 Å². The Morgan fingerprint density at radius 3 is 1.79 bits per heavy atom. The summed E-state index contributed by atoms with van der Waals surface area (Å²) >= 11 is 0. The average Bonchev–Trinajstić information content (AvgIpc) is 3.45. The van der Waals surface area contributed by atoms with E-state index in [0.717, 1.165) is 39.0 Å². The summed E-state index contributed by atoms with van der Waals surface area (Å²) in [7, 11) is 0. The van der Waals surface area contributed by atoms with Gasteiger partial charge in [0.15, 0.2) is 5.58 Å². The number of para-hydroxylation sites is 2. The van der Waals surface area contributed by atoms with Crippen LogP contribution in [0.2, 0.25) is 0 Å². The number of hydrogen-bond donors (Lipinski definition) is 0. The fraction of sp³-hybridized carbons (Fsp3) is 0. The van der Waals surface area contributed by atoms with Gasteiger partial charge in [-0.2, -0.15) is 0 Å². The average molecular weight is 536 g/mol. The maximum atomic E-state index is 6.74. The molecule has 0 bridgehead atoms. The largest absolute Gasteiger partial charge is 0.454 e. The van der Waals surface area contributed by atoms with Crippen LogP contribution in [0.3, 0.4) is 0 Å². The fourth-order valence-corrected chi connectivity index (χ4v) is 6.75. The van der Waals surface area contributed by atoms with E-state index in [1.807, 2.05) is 6.07 Å². The van der Waals surface area contributed by atoms with Crippen LogP contribution in [0.1, 0.15) is 0 Å². The molecule has 9 aromatic rings. The quantitative estimate of drug-likeness (QED) is 0.209. The number of benzene rings is 8. The van der Waals surface area contributed by atoms with Crippen molar-refractivity contribution in [3.63, 3.8) is 0 Å². The smallest absolute Gasteiger partial charge is 0.160 e. The minimum Gasteiger partial charge on any atom is -0.454 e. The van der Waals surface area contributed by atoms with Crippen molar-refractivity contribution in [2.45, 2.75) is 0 Å². The predicted octanol–water partition coefficient (Wildman–Crippen LogP) is 11.7. The molecule has 9 rings (SSSR count). The first-order chi connectivity index (χ1) is 20.8. The molecule has 0 atom stereocenters.